The van der Waals surface area contributed by atoms with Crippen molar-refractivity contribution in [2.24, 2.45) is 0 Å². The predicted molar refractivity (Wildman–Crippen MR) is 99.4 cm³/mol. The average molecular weight is 321 g/mol. The molecule has 1 aliphatic rings. The Kier molecular flexibility index (Phi) is 6.22. The highest BCUT2D eigenvalue weighted by Gasteiger charge is 2.25. The molecule has 1 heterocycles. The normalized spacial score (nSPS) is 19.8. The number of hydrogen-bond acceptors (Lipinski definition) is 2. The highest BCUT2D eigenvalue weighted by atomic mass is 16.7. The number of nitrogens with zero attached hydrogens (tertiary/aromatic N) is 1. The van der Waals surface area contributed by atoms with E-state index >= 15 is 0 Å². The first kappa shape index (κ1) is 16.9. The quantitative estimate of drug-likeness (QED) is 0.618. The summed E-state index contributed by atoms with van der Waals surface area (Å²) in [5, 5.41) is 2.19. The molecule has 2 nitrogen and oxygen atoms in total. The molecule has 2 heteroatoms. The van der Waals surface area contributed by atoms with Crippen LogP contribution in [0.3, 0.4) is 0 Å². The summed E-state index contributed by atoms with van der Waals surface area (Å²) in [6, 6.07) is 21.6. The third kappa shape index (κ3) is 4.34. The van der Waals surface area contributed by atoms with Crippen molar-refractivity contribution in [3.8, 4) is 0 Å². The molecule has 0 aliphatic carbocycles. The summed E-state index contributed by atoms with van der Waals surface area (Å²) in [4.78, 5) is 6.55. The molecule has 0 spiro atoms. The second-order valence-corrected chi connectivity index (χ2v) is 6.37. The highest BCUT2D eigenvalue weighted by molar-refractivity contribution is 5.20. The third-order valence-electron chi connectivity index (χ3n) is 4.58. The Morgan fingerprint density at radius 3 is 2.42 bits per heavy atom. The van der Waals surface area contributed by atoms with E-state index in [1.54, 1.807) is 0 Å². The summed E-state index contributed by atoms with van der Waals surface area (Å²) in [6.07, 6.45) is 8.96. The Hall–Kier alpha value is -1.90. The second-order valence-electron chi connectivity index (χ2n) is 6.37. The van der Waals surface area contributed by atoms with E-state index in [1.807, 2.05) is 0 Å². The number of allylic oxidation sites excluding steroid dienone is 1. The second kappa shape index (κ2) is 8.81. The Labute approximate surface area is 145 Å². The molecular weight excluding hydrogens is 294 g/mol. The highest BCUT2D eigenvalue weighted by Crippen LogP contribution is 2.32. The molecule has 0 aromatic heterocycles. The average Bonchev–Trinajstić information content (AvgIpc) is 2.88. The summed E-state index contributed by atoms with van der Waals surface area (Å²) in [7, 11) is 0. The maximum absolute atomic E-state index is 6.55. The number of hydrogen-bond donors (Lipinski definition) is 0. The minimum absolute atomic E-state index is 0.119. The van der Waals surface area contributed by atoms with E-state index in [0.717, 1.165) is 32.2 Å². The monoisotopic (exact) mass is 321 g/mol. The fraction of sp³-hybridized carbons (Fsp3) is 0.364. The molecule has 0 radical (unpaired) electrons. The molecule has 2 atom stereocenters. The summed E-state index contributed by atoms with van der Waals surface area (Å²) in [5.74, 6) is 0. The lowest BCUT2D eigenvalue weighted by Gasteiger charge is -2.33. The van der Waals surface area contributed by atoms with Gasteiger partial charge in [0.2, 0.25) is 0 Å². The number of benzene rings is 2. The van der Waals surface area contributed by atoms with Crippen LogP contribution in [-0.4, -0.2) is 11.6 Å². The Morgan fingerprint density at radius 1 is 1.00 bits per heavy atom. The molecule has 0 saturated carbocycles. The van der Waals surface area contributed by atoms with Crippen molar-refractivity contribution in [3.63, 3.8) is 0 Å². The van der Waals surface area contributed by atoms with Crippen molar-refractivity contribution in [2.75, 3.05) is 6.54 Å². The minimum Gasteiger partial charge on any atom is -0.290 e. The van der Waals surface area contributed by atoms with E-state index in [4.69, 9.17) is 4.84 Å². The van der Waals surface area contributed by atoms with Crippen LogP contribution in [0, 0.1) is 0 Å². The molecule has 0 unspecified atom stereocenters. The lowest BCUT2D eigenvalue weighted by molar-refractivity contribution is -0.222. The molecule has 3 rings (SSSR count). The zero-order valence-corrected chi connectivity index (χ0v) is 14.5. The van der Waals surface area contributed by atoms with Crippen molar-refractivity contribution in [2.45, 2.75) is 44.8 Å². The maximum atomic E-state index is 6.55. The van der Waals surface area contributed by atoms with Gasteiger partial charge in [-0.05, 0) is 30.4 Å². The van der Waals surface area contributed by atoms with Crippen LogP contribution in [0.25, 0.3) is 0 Å². The molecule has 0 bridgehead atoms. The smallest absolute Gasteiger partial charge is 0.104 e. The molecule has 0 saturated heterocycles. The molecule has 0 amide bonds. The van der Waals surface area contributed by atoms with Gasteiger partial charge in [-0.1, -0.05) is 86.2 Å². The summed E-state index contributed by atoms with van der Waals surface area (Å²) in [5.41, 5.74) is 2.60. The minimum atomic E-state index is 0.119. The van der Waals surface area contributed by atoms with Crippen LogP contribution < -0.4 is 0 Å². The van der Waals surface area contributed by atoms with Gasteiger partial charge in [-0.25, -0.2) is 0 Å². The van der Waals surface area contributed by atoms with Crippen LogP contribution in [0.4, 0.5) is 0 Å². The van der Waals surface area contributed by atoms with E-state index in [2.05, 4.69) is 84.8 Å². The van der Waals surface area contributed by atoms with Crippen molar-refractivity contribution in [1.82, 2.24) is 5.06 Å². The van der Waals surface area contributed by atoms with Crippen molar-refractivity contribution >= 4 is 0 Å². The molecular formula is C22H27NO. The van der Waals surface area contributed by atoms with Gasteiger partial charge in [0.15, 0.2) is 0 Å². The summed E-state index contributed by atoms with van der Waals surface area (Å²) in [6.45, 7) is 3.06. The van der Waals surface area contributed by atoms with E-state index in [1.165, 1.54) is 11.1 Å². The molecule has 2 aromatic carbocycles. The van der Waals surface area contributed by atoms with Gasteiger partial charge in [-0.2, -0.15) is 5.06 Å². The fourth-order valence-electron chi connectivity index (χ4n) is 3.32. The topological polar surface area (TPSA) is 12.5 Å². The zero-order valence-electron chi connectivity index (χ0n) is 14.5. The van der Waals surface area contributed by atoms with Gasteiger partial charge in [0.25, 0.3) is 0 Å². The van der Waals surface area contributed by atoms with Gasteiger partial charge in [-0.3, -0.25) is 4.84 Å². The third-order valence-corrected chi connectivity index (χ3v) is 4.58. The van der Waals surface area contributed by atoms with Crippen LogP contribution in [0.2, 0.25) is 0 Å². The van der Waals surface area contributed by atoms with E-state index in [9.17, 15) is 0 Å². The van der Waals surface area contributed by atoms with Crippen LogP contribution in [0.5, 0.6) is 0 Å². The first-order chi connectivity index (χ1) is 11.9. The molecule has 126 valence electrons. The standard InChI is InChI=1S/C22H27NO/c1-2-12-22(20-15-8-4-9-16-20)24-23-18-11-5-10-17-21(23)19-13-6-3-7-14-19/h3-9,11,13-16,21-22H,2,10,12,17-18H2,1H3/t21-,22+/m1/s1. The number of hydroxylamine groups is 2. The van der Waals surface area contributed by atoms with Gasteiger partial charge in [0.05, 0.1) is 6.04 Å². The lowest BCUT2D eigenvalue weighted by Crippen LogP contribution is -2.30. The largest absolute Gasteiger partial charge is 0.290 e. The molecule has 0 fully saturated rings. The van der Waals surface area contributed by atoms with Gasteiger partial charge in [0.1, 0.15) is 6.10 Å². The summed E-state index contributed by atoms with van der Waals surface area (Å²) >= 11 is 0. The van der Waals surface area contributed by atoms with E-state index in [0.29, 0.717) is 6.04 Å². The Bertz CT molecular complexity index is 623. The SMILES string of the molecule is CCC[C@H](ON1CC=CCC[C@@H]1c1ccccc1)c1ccccc1. The van der Waals surface area contributed by atoms with Gasteiger partial charge < -0.3 is 0 Å². The Balaban J connectivity index is 1.81. The van der Waals surface area contributed by atoms with Crippen LogP contribution in [0.1, 0.15) is 55.9 Å². The predicted octanol–water partition coefficient (Wildman–Crippen LogP) is 5.85. The van der Waals surface area contributed by atoms with E-state index < -0.39 is 0 Å². The maximum Gasteiger partial charge on any atom is 0.104 e. The molecule has 24 heavy (non-hydrogen) atoms. The van der Waals surface area contributed by atoms with Crippen molar-refractivity contribution in [1.29, 1.82) is 0 Å². The Morgan fingerprint density at radius 2 is 1.71 bits per heavy atom. The van der Waals surface area contributed by atoms with Gasteiger partial charge in [-0.15, -0.1) is 0 Å². The van der Waals surface area contributed by atoms with E-state index in [-0.39, 0.29) is 6.10 Å². The van der Waals surface area contributed by atoms with Crippen molar-refractivity contribution < 1.29 is 4.84 Å². The first-order valence-corrected chi connectivity index (χ1v) is 9.06. The van der Waals surface area contributed by atoms with Crippen LogP contribution in [-0.2, 0) is 4.84 Å². The zero-order chi connectivity index (χ0) is 16.6. The van der Waals surface area contributed by atoms with Crippen molar-refractivity contribution in [3.05, 3.63) is 83.9 Å². The van der Waals surface area contributed by atoms with Gasteiger partial charge in [0, 0.05) is 6.54 Å². The first-order valence-electron chi connectivity index (χ1n) is 9.06. The summed E-state index contributed by atoms with van der Waals surface area (Å²) < 4.78 is 0. The lowest BCUT2D eigenvalue weighted by atomic mass is 10.0. The fourth-order valence-corrected chi connectivity index (χ4v) is 3.32. The van der Waals surface area contributed by atoms with Crippen LogP contribution in [0.15, 0.2) is 72.8 Å². The molecule has 0 N–H and O–H groups in total. The number of rotatable bonds is 6. The molecule has 2 aromatic rings. The van der Waals surface area contributed by atoms with Crippen LogP contribution >= 0.6 is 0 Å². The van der Waals surface area contributed by atoms with Gasteiger partial charge >= 0.3 is 0 Å². The molecule has 1 aliphatic heterocycles.